The summed E-state index contributed by atoms with van der Waals surface area (Å²) in [5.41, 5.74) is 2.06. The SMILES string of the molecule is COc1ccc2nc3c(OP(c4ccccc4)c4ccccc4)nc4ccccc4n3c(=O)c2c1. The van der Waals surface area contributed by atoms with Crippen LogP contribution in [0.4, 0.5) is 0 Å². The van der Waals surface area contributed by atoms with Gasteiger partial charge in [-0.3, -0.25) is 9.20 Å². The average Bonchev–Trinajstić information content (AvgIpc) is 2.92. The monoisotopic (exact) mass is 477 g/mol. The molecule has 6 rings (SSSR count). The van der Waals surface area contributed by atoms with Gasteiger partial charge in [0.1, 0.15) is 5.75 Å². The van der Waals surface area contributed by atoms with Crippen molar-refractivity contribution < 1.29 is 9.26 Å². The Morgan fingerprint density at radius 2 is 1.40 bits per heavy atom. The molecule has 0 aliphatic heterocycles. The smallest absolute Gasteiger partial charge is 0.266 e. The third kappa shape index (κ3) is 3.78. The number of fused-ring (bicyclic) bond motifs is 4. The predicted molar refractivity (Wildman–Crippen MR) is 141 cm³/mol. The van der Waals surface area contributed by atoms with Crippen molar-refractivity contribution in [3.63, 3.8) is 0 Å². The van der Waals surface area contributed by atoms with Crippen molar-refractivity contribution in [2.24, 2.45) is 0 Å². The highest BCUT2D eigenvalue weighted by molar-refractivity contribution is 7.68. The lowest BCUT2D eigenvalue weighted by atomic mass is 10.2. The van der Waals surface area contributed by atoms with Crippen LogP contribution >= 0.6 is 8.15 Å². The molecule has 0 radical (unpaired) electrons. The van der Waals surface area contributed by atoms with Gasteiger partial charge in [0, 0.05) is 10.6 Å². The fraction of sp³-hybridized carbons (Fsp3) is 0.0357. The maximum absolute atomic E-state index is 13.7. The van der Waals surface area contributed by atoms with E-state index in [1.807, 2.05) is 84.9 Å². The minimum atomic E-state index is -1.25. The van der Waals surface area contributed by atoms with Crippen LogP contribution in [0.3, 0.4) is 0 Å². The summed E-state index contributed by atoms with van der Waals surface area (Å²) in [5.74, 6) is 0.917. The summed E-state index contributed by atoms with van der Waals surface area (Å²) in [6, 6.07) is 32.9. The van der Waals surface area contributed by atoms with E-state index in [-0.39, 0.29) is 5.56 Å². The van der Waals surface area contributed by atoms with Crippen LogP contribution in [0.25, 0.3) is 27.6 Å². The predicted octanol–water partition coefficient (Wildman–Crippen LogP) is 4.83. The Hall–Kier alpha value is -4.28. The molecular weight excluding hydrogens is 457 g/mol. The van der Waals surface area contributed by atoms with Gasteiger partial charge in [-0.25, -0.2) is 9.97 Å². The van der Waals surface area contributed by atoms with E-state index in [9.17, 15) is 4.79 Å². The Morgan fingerprint density at radius 1 is 0.743 bits per heavy atom. The first-order valence-corrected chi connectivity index (χ1v) is 12.4. The standard InChI is InChI=1S/C28H20N3O3P/c1-33-19-16-17-23-22(18-19)28(32)31-25-15-9-8-14-24(25)30-27(26(31)29-23)34-35(20-10-4-2-5-11-20)21-12-6-3-7-13-21/h2-18H,1H3. The van der Waals surface area contributed by atoms with Gasteiger partial charge in [0.2, 0.25) is 5.65 Å². The lowest BCUT2D eigenvalue weighted by Crippen LogP contribution is -2.20. The van der Waals surface area contributed by atoms with Crippen molar-refractivity contribution in [1.29, 1.82) is 0 Å². The number of hydrogen-bond acceptors (Lipinski definition) is 5. The lowest BCUT2D eigenvalue weighted by molar-refractivity contribution is 0.415. The Morgan fingerprint density at radius 3 is 2.09 bits per heavy atom. The minimum Gasteiger partial charge on any atom is -0.497 e. The lowest BCUT2D eigenvalue weighted by Gasteiger charge is -2.20. The van der Waals surface area contributed by atoms with E-state index in [1.54, 1.807) is 29.7 Å². The van der Waals surface area contributed by atoms with Crippen LogP contribution in [-0.2, 0) is 0 Å². The molecule has 170 valence electrons. The van der Waals surface area contributed by atoms with Gasteiger partial charge in [-0.15, -0.1) is 0 Å². The van der Waals surface area contributed by atoms with Crippen molar-refractivity contribution in [2.75, 3.05) is 7.11 Å². The highest BCUT2D eigenvalue weighted by Gasteiger charge is 2.22. The van der Waals surface area contributed by atoms with Gasteiger partial charge >= 0.3 is 0 Å². The fourth-order valence-electron chi connectivity index (χ4n) is 4.09. The van der Waals surface area contributed by atoms with Crippen LogP contribution in [0, 0.1) is 0 Å². The summed E-state index contributed by atoms with van der Waals surface area (Å²) in [6.45, 7) is 0. The van der Waals surface area contributed by atoms with Crippen molar-refractivity contribution in [1.82, 2.24) is 14.4 Å². The van der Waals surface area contributed by atoms with Gasteiger partial charge in [-0.1, -0.05) is 72.8 Å². The Balaban J connectivity index is 1.64. The highest BCUT2D eigenvalue weighted by Crippen LogP contribution is 2.38. The summed E-state index contributed by atoms with van der Waals surface area (Å²) >= 11 is 0. The normalized spacial score (nSPS) is 11.4. The summed E-state index contributed by atoms with van der Waals surface area (Å²) in [4.78, 5) is 23.4. The van der Waals surface area contributed by atoms with Crippen molar-refractivity contribution in [3.05, 3.63) is 113 Å². The van der Waals surface area contributed by atoms with Gasteiger partial charge in [-0.2, -0.15) is 0 Å². The molecule has 0 N–H and O–H groups in total. The van der Waals surface area contributed by atoms with Gasteiger partial charge < -0.3 is 9.26 Å². The molecule has 6 aromatic rings. The zero-order valence-corrected chi connectivity index (χ0v) is 19.7. The van der Waals surface area contributed by atoms with Crippen LogP contribution < -0.4 is 25.4 Å². The Labute approximate surface area is 202 Å². The van der Waals surface area contributed by atoms with E-state index in [1.165, 1.54) is 0 Å². The minimum absolute atomic E-state index is 0.198. The zero-order chi connectivity index (χ0) is 23.8. The van der Waals surface area contributed by atoms with Crippen LogP contribution in [0.1, 0.15) is 0 Å². The van der Waals surface area contributed by atoms with Crippen LogP contribution in [0.5, 0.6) is 11.6 Å². The quantitative estimate of drug-likeness (QED) is 0.202. The molecule has 7 heteroatoms. The molecule has 0 aliphatic carbocycles. The van der Waals surface area contributed by atoms with E-state index in [0.29, 0.717) is 39.2 Å². The number of rotatable bonds is 5. The highest BCUT2D eigenvalue weighted by atomic mass is 31.1. The number of nitrogens with zero attached hydrogens (tertiary/aromatic N) is 3. The summed E-state index contributed by atoms with van der Waals surface area (Å²) in [7, 11) is 0.323. The largest absolute Gasteiger partial charge is 0.497 e. The average molecular weight is 477 g/mol. The number of aromatic nitrogens is 3. The molecule has 6 nitrogen and oxygen atoms in total. The third-order valence-electron chi connectivity index (χ3n) is 5.77. The molecule has 35 heavy (non-hydrogen) atoms. The van der Waals surface area contributed by atoms with Crippen LogP contribution in [-0.4, -0.2) is 21.5 Å². The molecule has 0 unspecified atom stereocenters. The molecular formula is C28H20N3O3P. The summed E-state index contributed by atoms with van der Waals surface area (Å²) < 4.78 is 13.6. The Kier molecular flexibility index (Phi) is 5.36. The van der Waals surface area contributed by atoms with Gasteiger partial charge in [0.15, 0.2) is 8.15 Å². The zero-order valence-electron chi connectivity index (χ0n) is 18.8. The molecule has 0 amide bonds. The molecule has 0 aliphatic rings. The molecule has 0 fully saturated rings. The van der Waals surface area contributed by atoms with Crippen molar-refractivity contribution in [2.45, 2.75) is 0 Å². The second-order valence-corrected chi connectivity index (χ2v) is 9.73. The van der Waals surface area contributed by atoms with E-state index in [0.717, 1.165) is 10.6 Å². The molecule has 2 aromatic heterocycles. The number of ether oxygens (including phenoxy) is 1. The second kappa shape index (κ2) is 8.82. The second-order valence-electron chi connectivity index (χ2n) is 7.92. The van der Waals surface area contributed by atoms with E-state index >= 15 is 0 Å². The topological polar surface area (TPSA) is 65.7 Å². The molecule has 0 atom stereocenters. The Bertz CT molecular complexity index is 1700. The van der Waals surface area contributed by atoms with E-state index in [2.05, 4.69) is 0 Å². The molecule has 4 aromatic carbocycles. The fourth-order valence-corrected chi connectivity index (χ4v) is 5.78. The number of para-hydroxylation sites is 2. The van der Waals surface area contributed by atoms with E-state index in [4.69, 9.17) is 19.2 Å². The van der Waals surface area contributed by atoms with Gasteiger partial charge in [0.05, 0.1) is 29.0 Å². The first-order valence-electron chi connectivity index (χ1n) is 11.1. The maximum atomic E-state index is 13.7. The van der Waals surface area contributed by atoms with Crippen LogP contribution in [0.2, 0.25) is 0 Å². The van der Waals surface area contributed by atoms with Gasteiger partial charge in [-0.05, 0) is 30.3 Å². The molecule has 2 heterocycles. The van der Waals surface area contributed by atoms with Crippen LogP contribution in [0.15, 0.2) is 108 Å². The first-order chi connectivity index (χ1) is 17.2. The number of benzene rings is 4. The first kappa shape index (κ1) is 21.3. The number of methoxy groups -OCH3 is 1. The number of hydrogen-bond donors (Lipinski definition) is 0. The molecule has 0 saturated carbocycles. The third-order valence-corrected chi connectivity index (χ3v) is 7.66. The van der Waals surface area contributed by atoms with Crippen molar-refractivity contribution >= 4 is 46.3 Å². The summed E-state index contributed by atoms with van der Waals surface area (Å²) in [5, 5.41) is 2.54. The van der Waals surface area contributed by atoms with Crippen molar-refractivity contribution in [3.8, 4) is 11.6 Å². The molecule has 0 bridgehead atoms. The molecule has 0 spiro atoms. The van der Waals surface area contributed by atoms with Gasteiger partial charge in [0.25, 0.3) is 11.4 Å². The summed E-state index contributed by atoms with van der Waals surface area (Å²) in [6.07, 6.45) is 0. The molecule has 0 saturated heterocycles. The van der Waals surface area contributed by atoms with E-state index < -0.39 is 8.15 Å². The maximum Gasteiger partial charge on any atom is 0.266 e.